The normalized spacial score (nSPS) is 21.7. The second kappa shape index (κ2) is 9.74. The Labute approximate surface area is 161 Å². The summed E-state index contributed by atoms with van der Waals surface area (Å²) >= 11 is 0. The van der Waals surface area contributed by atoms with E-state index in [9.17, 15) is 9.59 Å². The summed E-state index contributed by atoms with van der Waals surface area (Å²) in [7, 11) is 1.43. The van der Waals surface area contributed by atoms with Crippen LogP contribution in [0.2, 0.25) is 0 Å². The van der Waals surface area contributed by atoms with E-state index in [1.165, 1.54) is 12.7 Å². The first-order valence-corrected chi connectivity index (χ1v) is 10.1. The van der Waals surface area contributed by atoms with Crippen LogP contribution in [0.5, 0.6) is 0 Å². The van der Waals surface area contributed by atoms with E-state index in [1.54, 1.807) is 4.90 Å². The minimum atomic E-state index is -0.234. The molecule has 0 aromatic heterocycles. The minimum Gasteiger partial charge on any atom is -0.453 e. The number of hydrogen-bond acceptors (Lipinski definition) is 4. The first-order valence-electron chi connectivity index (χ1n) is 10.1. The number of carbonyl (C=O) groups is 2. The highest BCUT2D eigenvalue weighted by molar-refractivity contribution is 5.79. The summed E-state index contributed by atoms with van der Waals surface area (Å²) in [5.41, 5.74) is 1.25. The molecule has 2 aliphatic rings. The lowest BCUT2D eigenvalue weighted by atomic mass is 9.93. The van der Waals surface area contributed by atoms with Crippen LogP contribution in [-0.4, -0.2) is 67.7 Å². The predicted molar refractivity (Wildman–Crippen MR) is 104 cm³/mol. The van der Waals surface area contributed by atoms with E-state index in [1.807, 2.05) is 18.2 Å². The molecule has 6 nitrogen and oxygen atoms in total. The molecule has 1 aromatic rings. The molecule has 2 amide bonds. The molecule has 0 radical (unpaired) electrons. The number of piperidine rings is 2. The van der Waals surface area contributed by atoms with Gasteiger partial charge in [0, 0.05) is 32.2 Å². The van der Waals surface area contributed by atoms with E-state index in [0.29, 0.717) is 12.6 Å². The van der Waals surface area contributed by atoms with Crippen molar-refractivity contribution in [1.82, 2.24) is 15.1 Å². The van der Waals surface area contributed by atoms with Crippen molar-refractivity contribution in [3.05, 3.63) is 35.9 Å². The molecule has 0 bridgehead atoms. The lowest BCUT2D eigenvalue weighted by Gasteiger charge is -2.41. The van der Waals surface area contributed by atoms with Gasteiger partial charge in [0.25, 0.3) is 0 Å². The Bertz CT molecular complexity index is 614. The van der Waals surface area contributed by atoms with Crippen molar-refractivity contribution in [1.29, 1.82) is 0 Å². The van der Waals surface area contributed by atoms with Gasteiger partial charge in [-0.3, -0.25) is 9.69 Å². The SMILES string of the molecule is COC(=O)N1CCC(N2CCC[C@@H](C(=O)NCCc3ccccc3)C2)CC1. The lowest BCUT2D eigenvalue weighted by Crippen LogP contribution is -2.51. The molecular formula is C21H31N3O3. The van der Waals surface area contributed by atoms with Crippen LogP contribution in [0.4, 0.5) is 4.79 Å². The quantitative estimate of drug-likeness (QED) is 0.860. The Kier molecular flexibility index (Phi) is 7.10. The number of nitrogens with zero attached hydrogens (tertiary/aromatic N) is 2. The van der Waals surface area contributed by atoms with E-state index < -0.39 is 0 Å². The van der Waals surface area contributed by atoms with Crippen LogP contribution >= 0.6 is 0 Å². The van der Waals surface area contributed by atoms with Gasteiger partial charge in [0.1, 0.15) is 0 Å². The third-order valence-corrected chi connectivity index (χ3v) is 5.79. The van der Waals surface area contributed by atoms with Gasteiger partial charge < -0.3 is 15.0 Å². The molecule has 2 fully saturated rings. The molecule has 3 rings (SSSR count). The molecule has 27 heavy (non-hydrogen) atoms. The Morgan fingerprint density at radius 1 is 1.11 bits per heavy atom. The topological polar surface area (TPSA) is 61.9 Å². The number of ether oxygens (including phenoxy) is 1. The molecule has 0 unspecified atom stereocenters. The molecule has 2 saturated heterocycles. The van der Waals surface area contributed by atoms with Crippen molar-refractivity contribution in [2.45, 2.75) is 38.1 Å². The summed E-state index contributed by atoms with van der Waals surface area (Å²) in [4.78, 5) is 28.5. The van der Waals surface area contributed by atoms with E-state index in [2.05, 4.69) is 22.3 Å². The van der Waals surface area contributed by atoms with Gasteiger partial charge in [-0.25, -0.2) is 4.79 Å². The van der Waals surface area contributed by atoms with Crippen LogP contribution in [0.15, 0.2) is 30.3 Å². The first-order chi connectivity index (χ1) is 13.2. The number of hydrogen-bond donors (Lipinski definition) is 1. The summed E-state index contributed by atoms with van der Waals surface area (Å²) in [5.74, 6) is 0.260. The van der Waals surface area contributed by atoms with Crippen LogP contribution < -0.4 is 5.32 Å². The number of rotatable bonds is 5. The second-order valence-electron chi connectivity index (χ2n) is 7.55. The van der Waals surface area contributed by atoms with Gasteiger partial charge in [-0.1, -0.05) is 30.3 Å². The molecule has 1 aromatic carbocycles. The van der Waals surface area contributed by atoms with E-state index >= 15 is 0 Å². The Balaban J connectivity index is 1.42. The molecule has 1 N–H and O–H groups in total. The highest BCUT2D eigenvalue weighted by Gasteiger charge is 2.32. The van der Waals surface area contributed by atoms with Gasteiger partial charge in [0.15, 0.2) is 0 Å². The van der Waals surface area contributed by atoms with Crippen molar-refractivity contribution in [2.24, 2.45) is 5.92 Å². The van der Waals surface area contributed by atoms with Crippen molar-refractivity contribution in [2.75, 3.05) is 39.8 Å². The zero-order valence-electron chi connectivity index (χ0n) is 16.2. The fourth-order valence-electron chi connectivity index (χ4n) is 4.21. The molecule has 1 atom stereocenters. The second-order valence-corrected chi connectivity index (χ2v) is 7.55. The molecule has 0 aliphatic carbocycles. The highest BCUT2D eigenvalue weighted by atomic mass is 16.5. The van der Waals surface area contributed by atoms with Gasteiger partial charge in [-0.15, -0.1) is 0 Å². The van der Waals surface area contributed by atoms with E-state index in [-0.39, 0.29) is 17.9 Å². The standard InChI is InChI=1S/C21H31N3O3/c1-27-21(26)23-14-10-19(11-15-23)24-13-5-8-18(16-24)20(25)22-12-9-17-6-3-2-4-7-17/h2-4,6-7,18-19H,5,8-16H2,1H3,(H,22,25)/t18-/m1/s1. The largest absolute Gasteiger partial charge is 0.453 e. The third-order valence-electron chi connectivity index (χ3n) is 5.79. The van der Waals surface area contributed by atoms with Crippen LogP contribution in [0.1, 0.15) is 31.2 Å². The molecule has 2 heterocycles. The van der Waals surface area contributed by atoms with Gasteiger partial charge in [-0.2, -0.15) is 0 Å². The molecule has 2 aliphatic heterocycles. The number of amides is 2. The average molecular weight is 373 g/mol. The number of methoxy groups -OCH3 is 1. The number of carbonyl (C=O) groups excluding carboxylic acids is 2. The fourth-order valence-corrected chi connectivity index (χ4v) is 4.21. The van der Waals surface area contributed by atoms with Crippen molar-refractivity contribution >= 4 is 12.0 Å². The number of likely N-dealkylation sites (tertiary alicyclic amines) is 2. The number of benzene rings is 1. The van der Waals surface area contributed by atoms with E-state index in [0.717, 1.165) is 58.3 Å². The van der Waals surface area contributed by atoms with Crippen LogP contribution in [0.25, 0.3) is 0 Å². The van der Waals surface area contributed by atoms with E-state index in [4.69, 9.17) is 4.74 Å². The molecule has 6 heteroatoms. The van der Waals surface area contributed by atoms with Crippen LogP contribution in [0.3, 0.4) is 0 Å². The first kappa shape index (κ1) is 19.7. The third kappa shape index (κ3) is 5.45. The van der Waals surface area contributed by atoms with Crippen molar-refractivity contribution in [3.63, 3.8) is 0 Å². The Morgan fingerprint density at radius 2 is 1.85 bits per heavy atom. The monoisotopic (exact) mass is 373 g/mol. The molecule has 148 valence electrons. The predicted octanol–water partition coefficient (Wildman–Crippen LogP) is 2.29. The molecule has 0 spiro atoms. The Hall–Kier alpha value is -2.08. The average Bonchev–Trinajstić information content (AvgIpc) is 2.74. The summed E-state index contributed by atoms with van der Waals surface area (Å²) in [6.45, 7) is 4.05. The summed E-state index contributed by atoms with van der Waals surface area (Å²) in [5, 5.41) is 3.12. The lowest BCUT2D eigenvalue weighted by molar-refractivity contribution is -0.127. The van der Waals surface area contributed by atoms with Crippen molar-refractivity contribution in [3.8, 4) is 0 Å². The maximum absolute atomic E-state index is 12.6. The molecule has 0 saturated carbocycles. The van der Waals surface area contributed by atoms with Crippen molar-refractivity contribution < 1.29 is 14.3 Å². The van der Waals surface area contributed by atoms with Crippen LogP contribution in [0, 0.1) is 5.92 Å². The minimum absolute atomic E-state index is 0.0770. The zero-order chi connectivity index (χ0) is 19.1. The highest BCUT2D eigenvalue weighted by Crippen LogP contribution is 2.24. The van der Waals surface area contributed by atoms with Gasteiger partial charge in [0.05, 0.1) is 13.0 Å². The summed E-state index contributed by atoms with van der Waals surface area (Å²) < 4.78 is 4.81. The fraction of sp³-hybridized carbons (Fsp3) is 0.619. The summed E-state index contributed by atoms with van der Waals surface area (Å²) in [6, 6.07) is 10.7. The van der Waals surface area contributed by atoms with Gasteiger partial charge in [-0.05, 0) is 44.2 Å². The zero-order valence-corrected chi connectivity index (χ0v) is 16.2. The maximum atomic E-state index is 12.6. The maximum Gasteiger partial charge on any atom is 0.409 e. The molecular weight excluding hydrogens is 342 g/mol. The summed E-state index contributed by atoms with van der Waals surface area (Å²) in [6.07, 6.45) is 4.58. The van der Waals surface area contributed by atoms with Crippen LogP contribution in [-0.2, 0) is 16.0 Å². The Morgan fingerprint density at radius 3 is 2.56 bits per heavy atom. The van der Waals surface area contributed by atoms with Gasteiger partial charge >= 0.3 is 6.09 Å². The number of nitrogens with one attached hydrogen (secondary N) is 1. The smallest absolute Gasteiger partial charge is 0.409 e. The van der Waals surface area contributed by atoms with Gasteiger partial charge in [0.2, 0.25) is 5.91 Å².